The first kappa shape index (κ1) is 21.5. The number of carbonyl (C=O) groups excluding carboxylic acids is 1. The van der Waals surface area contributed by atoms with E-state index in [1.807, 2.05) is 5.32 Å². The van der Waals surface area contributed by atoms with E-state index in [0.29, 0.717) is 18.5 Å². The molecule has 0 saturated carbocycles. The monoisotopic (exact) mass is 421 g/mol. The van der Waals surface area contributed by atoms with Gasteiger partial charge in [-0.3, -0.25) is 4.79 Å². The Morgan fingerprint density at radius 1 is 1.44 bits per heavy atom. The normalized spacial score (nSPS) is 18.0. The molecule has 0 bridgehead atoms. The highest BCUT2D eigenvalue weighted by atomic mass is 35.5. The maximum atomic E-state index is 13.5. The molecule has 0 aliphatic carbocycles. The molecule has 1 fully saturated rings. The minimum Gasteiger partial charge on any atom is -0.508 e. The van der Waals surface area contributed by atoms with Crippen molar-refractivity contribution in [2.75, 3.05) is 6.54 Å². The number of thiazole rings is 1. The van der Waals surface area contributed by atoms with Gasteiger partial charge in [-0.25, -0.2) is 4.98 Å². The third-order valence-electron chi connectivity index (χ3n) is 4.34. The average Bonchev–Trinajstić information content (AvgIpc) is 3.23. The molecule has 148 valence electrons. The second-order valence-corrected chi connectivity index (χ2v) is 7.03. The van der Waals surface area contributed by atoms with Crippen LogP contribution in [-0.4, -0.2) is 34.8 Å². The number of nitrogens with zero attached hydrogens (tertiary/aromatic N) is 1. The first-order valence-corrected chi connectivity index (χ1v) is 8.99. The number of amides is 1. The van der Waals surface area contributed by atoms with Crippen LogP contribution in [0.15, 0.2) is 23.7 Å². The molecule has 1 aliphatic heterocycles. The highest BCUT2D eigenvalue weighted by molar-refractivity contribution is 7.13. The summed E-state index contributed by atoms with van der Waals surface area (Å²) in [5.74, 6) is -1.23. The van der Waals surface area contributed by atoms with Crippen molar-refractivity contribution in [2.45, 2.75) is 38.0 Å². The molecule has 0 spiro atoms. The maximum absolute atomic E-state index is 13.5. The lowest BCUT2D eigenvalue weighted by molar-refractivity contribution is -0.164. The van der Waals surface area contributed by atoms with Gasteiger partial charge in [0.1, 0.15) is 5.75 Å². The van der Waals surface area contributed by atoms with Crippen LogP contribution in [0.2, 0.25) is 0 Å². The number of halogens is 4. The zero-order chi connectivity index (χ0) is 18.9. The van der Waals surface area contributed by atoms with E-state index in [1.165, 1.54) is 29.5 Å². The van der Waals surface area contributed by atoms with Gasteiger partial charge in [0.05, 0.1) is 22.1 Å². The lowest BCUT2D eigenvalue weighted by Crippen LogP contribution is -2.46. The van der Waals surface area contributed by atoms with Gasteiger partial charge in [-0.1, -0.05) is 12.1 Å². The second kappa shape index (κ2) is 8.45. The molecule has 27 heavy (non-hydrogen) atoms. The zero-order valence-corrected chi connectivity index (χ0v) is 16.0. The van der Waals surface area contributed by atoms with Crippen LogP contribution < -0.4 is 10.6 Å². The molecule has 2 atom stereocenters. The summed E-state index contributed by atoms with van der Waals surface area (Å²) in [5, 5.41) is 15.1. The molecule has 10 heteroatoms. The van der Waals surface area contributed by atoms with E-state index in [9.17, 15) is 23.1 Å². The molecule has 1 aliphatic rings. The predicted octanol–water partition coefficient (Wildman–Crippen LogP) is 3.72. The fourth-order valence-corrected chi connectivity index (χ4v) is 3.80. The number of hydrogen-bond acceptors (Lipinski definition) is 5. The van der Waals surface area contributed by atoms with Crippen molar-refractivity contribution in [3.63, 3.8) is 0 Å². The highest BCUT2D eigenvalue weighted by Crippen LogP contribution is 2.39. The van der Waals surface area contributed by atoms with Crippen LogP contribution in [0.4, 0.5) is 13.2 Å². The smallest absolute Gasteiger partial charge is 0.413 e. The van der Waals surface area contributed by atoms with Crippen LogP contribution in [0.5, 0.6) is 5.75 Å². The van der Waals surface area contributed by atoms with E-state index in [-0.39, 0.29) is 18.0 Å². The number of phenols is 1. The summed E-state index contributed by atoms with van der Waals surface area (Å²) in [6, 6.07) is 1.06. The van der Waals surface area contributed by atoms with Crippen molar-refractivity contribution in [2.24, 2.45) is 0 Å². The Morgan fingerprint density at radius 3 is 2.70 bits per heavy atom. The summed E-state index contributed by atoms with van der Waals surface area (Å²) >= 11 is 1.34. The number of carbonyl (C=O) groups is 1. The number of alkyl halides is 3. The summed E-state index contributed by atoms with van der Waals surface area (Å²) in [4.78, 5) is 17.0. The van der Waals surface area contributed by atoms with Gasteiger partial charge in [-0.15, -0.1) is 23.7 Å². The topological polar surface area (TPSA) is 74.2 Å². The van der Waals surface area contributed by atoms with Gasteiger partial charge in [-0.2, -0.15) is 13.2 Å². The standard InChI is InChI=1S/C17H18F3N3O2S.ClH/c1-9-14(26-8-22-9)10-4-5-11(13(24)7-10)15(17(18,19)20)23-16(25)12-3-2-6-21-12;/h4-5,7-8,12,15,21,24H,2-3,6H2,1H3,(H,23,25);1H. The second-order valence-electron chi connectivity index (χ2n) is 6.17. The van der Waals surface area contributed by atoms with Crippen LogP contribution >= 0.6 is 23.7 Å². The molecule has 5 nitrogen and oxygen atoms in total. The molecule has 2 unspecified atom stereocenters. The number of aryl methyl sites for hydroxylation is 1. The fraction of sp³-hybridized carbons (Fsp3) is 0.412. The number of nitrogens with one attached hydrogen (secondary N) is 2. The summed E-state index contributed by atoms with van der Waals surface area (Å²) in [5.41, 5.74) is 2.56. The SMILES string of the molecule is Cc1ncsc1-c1ccc(C(NC(=O)C2CCCN2)C(F)(F)F)c(O)c1.Cl. The first-order valence-electron chi connectivity index (χ1n) is 8.11. The largest absolute Gasteiger partial charge is 0.508 e. The number of rotatable bonds is 4. The number of phenolic OH excluding ortho intramolecular Hbond substituents is 1. The Labute approximate surface area is 164 Å². The molecule has 1 aromatic heterocycles. The van der Waals surface area contributed by atoms with E-state index in [2.05, 4.69) is 10.3 Å². The average molecular weight is 422 g/mol. The molecule has 3 rings (SSSR count). The molecule has 2 heterocycles. The lowest BCUT2D eigenvalue weighted by atomic mass is 10.0. The van der Waals surface area contributed by atoms with Crippen molar-refractivity contribution in [3.05, 3.63) is 35.0 Å². The Balaban J connectivity index is 0.00000261. The van der Waals surface area contributed by atoms with E-state index in [4.69, 9.17) is 0 Å². The molecule has 2 aromatic rings. The zero-order valence-electron chi connectivity index (χ0n) is 14.3. The summed E-state index contributed by atoms with van der Waals surface area (Å²) in [6.45, 7) is 2.38. The summed E-state index contributed by atoms with van der Waals surface area (Å²) in [7, 11) is 0. The molecule has 1 amide bonds. The predicted molar refractivity (Wildman–Crippen MR) is 99.2 cm³/mol. The van der Waals surface area contributed by atoms with Gasteiger partial charge in [-0.05, 0) is 37.9 Å². The van der Waals surface area contributed by atoms with Crippen molar-refractivity contribution in [1.29, 1.82) is 0 Å². The first-order chi connectivity index (χ1) is 12.3. The Bertz CT molecular complexity index is 807. The van der Waals surface area contributed by atoms with Gasteiger partial charge in [0.15, 0.2) is 6.04 Å². The Hall–Kier alpha value is -1.84. The van der Waals surface area contributed by atoms with Crippen LogP contribution in [0.3, 0.4) is 0 Å². The van der Waals surface area contributed by atoms with Crippen LogP contribution in [0.25, 0.3) is 10.4 Å². The molecular weight excluding hydrogens is 403 g/mol. The summed E-state index contributed by atoms with van der Waals surface area (Å²) < 4.78 is 40.6. The van der Waals surface area contributed by atoms with Crippen LogP contribution in [0, 0.1) is 6.92 Å². The number of aromatic nitrogens is 1. The molecule has 1 saturated heterocycles. The third kappa shape index (κ3) is 4.72. The summed E-state index contributed by atoms with van der Waals surface area (Å²) in [6.07, 6.45) is -3.50. The van der Waals surface area contributed by atoms with E-state index >= 15 is 0 Å². The molecular formula is C17H19ClF3N3O2S. The van der Waals surface area contributed by atoms with Crippen molar-refractivity contribution in [1.82, 2.24) is 15.6 Å². The van der Waals surface area contributed by atoms with Gasteiger partial charge in [0, 0.05) is 5.56 Å². The van der Waals surface area contributed by atoms with Gasteiger partial charge < -0.3 is 15.7 Å². The molecule has 1 aromatic carbocycles. The van der Waals surface area contributed by atoms with Gasteiger partial charge in [0.25, 0.3) is 0 Å². The maximum Gasteiger partial charge on any atom is 0.413 e. The highest BCUT2D eigenvalue weighted by Gasteiger charge is 2.44. The number of aromatic hydroxyl groups is 1. The molecule has 0 radical (unpaired) electrons. The van der Waals surface area contributed by atoms with E-state index < -0.39 is 29.9 Å². The molecule has 3 N–H and O–H groups in total. The lowest BCUT2D eigenvalue weighted by Gasteiger charge is -2.24. The van der Waals surface area contributed by atoms with Crippen molar-refractivity contribution < 1.29 is 23.1 Å². The quantitative estimate of drug-likeness (QED) is 0.703. The minimum atomic E-state index is -4.73. The van der Waals surface area contributed by atoms with Crippen LogP contribution in [-0.2, 0) is 4.79 Å². The minimum absolute atomic E-state index is 0. The Morgan fingerprint density at radius 2 is 2.19 bits per heavy atom. The number of benzene rings is 1. The Kier molecular flexibility index (Phi) is 6.72. The van der Waals surface area contributed by atoms with Gasteiger partial charge >= 0.3 is 6.18 Å². The van der Waals surface area contributed by atoms with E-state index in [0.717, 1.165) is 17.0 Å². The van der Waals surface area contributed by atoms with Crippen LogP contribution in [0.1, 0.15) is 30.1 Å². The fourth-order valence-electron chi connectivity index (χ4n) is 3.00. The van der Waals surface area contributed by atoms with E-state index in [1.54, 1.807) is 12.4 Å². The number of hydrogen-bond donors (Lipinski definition) is 3. The van der Waals surface area contributed by atoms with Gasteiger partial charge in [0.2, 0.25) is 5.91 Å². The van der Waals surface area contributed by atoms with Crippen molar-refractivity contribution in [3.8, 4) is 16.2 Å². The third-order valence-corrected chi connectivity index (χ3v) is 5.32. The van der Waals surface area contributed by atoms with Crippen molar-refractivity contribution >= 4 is 29.7 Å².